The van der Waals surface area contributed by atoms with Gasteiger partial charge in [0.25, 0.3) is 5.91 Å². The third-order valence-electron chi connectivity index (χ3n) is 4.48. The molecule has 5 nitrogen and oxygen atoms in total. The van der Waals surface area contributed by atoms with Crippen molar-refractivity contribution in [1.82, 2.24) is 10.2 Å². The number of benzene rings is 2. The third-order valence-corrected chi connectivity index (χ3v) is 4.71. The molecule has 2 aromatic carbocycles. The van der Waals surface area contributed by atoms with Crippen LogP contribution in [0.1, 0.15) is 31.4 Å². The summed E-state index contributed by atoms with van der Waals surface area (Å²) < 4.78 is 5.60. The van der Waals surface area contributed by atoms with Crippen molar-refractivity contribution < 1.29 is 14.3 Å². The summed E-state index contributed by atoms with van der Waals surface area (Å²) in [5, 5.41) is 3.39. The molecule has 28 heavy (non-hydrogen) atoms. The van der Waals surface area contributed by atoms with Crippen molar-refractivity contribution in [2.75, 3.05) is 13.2 Å². The van der Waals surface area contributed by atoms with Crippen molar-refractivity contribution in [3.05, 3.63) is 64.7 Å². The van der Waals surface area contributed by atoms with Gasteiger partial charge in [-0.2, -0.15) is 0 Å². The Morgan fingerprint density at radius 1 is 1.18 bits per heavy atom. The van der Waals surface area contributed by atoms with Crippen LogP contribution in [0.25, 0.3) is 0 Å². The molecule has 0 aromatic heterocycles. The van der Waals surface area contributed by atoms with E-state index in [0.717, 1.165) is 17.5 Å². The Kier molecular flexibility index (Phi) is 8.33. The number of carbonyl (C=O) groups is 2. The monoisotopic (exact) mass is 402 g/mol. The highest BCUT2D eigenvalue weighted by molar-refractivity contribution is 6.30. The number of nitrogens with zero attached hydrogens (tertiary/aromatic N) is 1. The van der Waals surface area contributed by atoms with E-state index in [1.54, 1.807) is 36.1 Å². The SMILES string of the molecule is CCCNC(=O)[C@H](C)N(Cc1ccccc1C)C(=O)COc1cccc(Cl)c1. The van der Waals surface area contributed by atoms with Crippen LogP contribution in [-0.2, 0) is 16.1 Å². The maximum Gasteiger partial charge on any atom is 0.261 e. The van der Waals surface area contributed by atoms with Gasteiger partial charge >= 0.3 is 0 Å². The van der Waals surface area contributed by atoms with Crippen molar-refractivity contribution in [2.45, 2.75) is 39.8 Å². The maximum atomic E-state index is 12.9. The number of rotatable bonds is 9. The van der Waals surface area contributed by atoms with Crippen LogP contribution in [0.15, 0.2) is 48.5 Å². The van der Waals surface area contributed by atoms with Gasteiger partial charge in [0.1, 0.15) is 11.8 Å². The van der Waals surface area contributed by atoms with E-state index in [9.17, 15) is 9.59 Å². The molecule has 0 bridgehead atoms. The van der Waals surface area contributed by atoms with Gasteiger partial charge in [0.2, 0.25) is 5.91 Å². The highest BCUT2D eigenvalue weighted by Crippen LogP contribution is 2.18. The van der Waals surface area contributed by atoms with Crippen LogP contribution in [-0.4, -0.2) is 35.9 Å². The topological polar surface area (TPSA) is 58.6 Å². The van der Waals surface area contributed by atoms with Gasteiger partial charge in [-0.3, -0.25) is 9.59 Å². The van der Waals surface area contributed by atoms with E-state index in [1.165, 1.54) is 0 Å². The van der Waals surface area contributed by atoms with Crippen molar-refractivity contribution in [2.24, 2.45) is 0 Å². The normalized spacial score (nSPS) is 11.6. The predicted molar refractivity (Wildman–Crippen MR) is 111 cm³/mol. The highest BCUT2D eigenvalue weighted by Gasteiger charge is 2.26. The number of aryl methyl sites for hydroxylation is 1. The Bertz CT molecular complexity index is 810. The number of carbonyl (C=O) groups excluding carboxylic acids is 2. The summed E-state index contributed by atoms with van der Waals surface area (Å²) in [6.07, 6.45) is 0.835. The number of ether oxygens (including phenoxy) is 1. The zero-order valence-corrected chi connectivity index (χ0v) is 17.3. The van der Waals surface area contributed by atoms with Crippen molar-refractivity contribution in [3.8, 4) is 5.75 Å². The van der Waals surface area contributed by atoms with Gasteiger partial charge in [-0.15, -0.1) is 0 Å². The molecule has 150 valence electrons. The first-order chi connectivity index (χ1) is 13.4. The van der Waals surface area contributed by atoms with E-state index < -0.39 is 6.04 Å². The lowest BCUT2D eigenvalue weighted by molar-refractivity contribution is -0.142. The second kappa shape index (κ2) is 10.7. The molecule has 0 aliphatic heterocycles. The zero-order chi connectivity index (χ0) is 20.5. The van der Waals surface area contributed by atoms with Crippen LogP contribution >= 0.6 is 11.6 Å². The smallest absolute Gasteiger partial charge is 0.261 e. The van der Waals surface area contributed by atoms with Crippen LogP contribution in [0.5, 0.6) is 5.75 Å². The molecular weight excluding hydrogens is 376 g/mol. The van der Waals surface area contributed by atoms with Crippen LogP contribution < -0.4 is 10.1 Å². The summed E-state index contributed by atoms with van der Waals surface area (Å²) in [6.45, 7) is 6.46. The summed E-state index contributed by atoms with van der Waals surface area (Å²) in [5.41, 5.74) is 2.06. The van der Waals surface area contributed by atoms with Gasteiger partial charge in [-0.1, -0.05) is 48.9 Å². The largest absolute Gasteiger partial charge is 0.484 e. The van der Waals surface area contributed by atoms with Crippen molar-refractivity contribution in [1.29, 1.82) is 0 Å². The number of hydrogen-bond donors (Lipinski definition) is 1. The standard InChI is InChI=1S/C22H27ClN2O3/c1-4-12-24-22(27)17(3)25(14-18-9-6-5-8-16(18)2)21(26)15-28-20-11-7-10-19(23)13-20/h5-11,13,17H,4,12,14-15H2,1-3H3,(H,24,27)/t17-/m0/s1. The Labute approximate surface area is 171 Å². The molecule has 1 atom stereocenters. The fourth-order valence-corrected chi connectivity index (χ4v) is 2.91. The second-order valence-electron chi connectivity index (χ2n) is 6.66. The molecule has 1 N–H and O–H groups in total. The summed E-state index contributed by atoms with van der Waals surface area (Å²) in [4.78, 5) is 27.0. The average molecular weight is 403 g/mol. The molecule has 0 spiro atoms. The Balaban J connectivity index is 2.14. The van der Waals surface area contributed by atoms with Crippen LogP contribution in [0.3, 0.4) is 0 Å². The molecule has 0 saturated heterocycles. The minimum absolute atomic E-state index is 0.169. The van der Waals surface area contributed by atoms with Gasteiger partial charge in [-0.05, 0) is 49.6 Å². The van der Waals surface area contributed by atoms with Gasteiger partial charge in [-0.25, -0.2) is 0 Å². The number of amides is 2. The third kappa shape index (κ3) is 6.27. The molecule has 0 radical (unpaired) electrons. The Morgan fingerprint density at radius 3 is 2.61 bits per heavy atom. The lowest BCUT2D eigenvalue weighted by Crippen LogP contribution is -2.49. The van der Waals surface area contributed by atoms with E-state index in [2.05, 4.69) is 5.32 Å². The maximum absolute atomic E-state index is 12.9. The minimum Gasteiger partial charge on any atom is -0.484 e. The molecule has 0 aliphatic rings. The fourth-order valence-electron chi connectivity index (χ4n) is 2.73. The second-order valence-corrected chi connectivity index (χ2v) is 7.10. The summed E-state index contributed by atoms with van der Waals surface area (Å²) in [7, 11) is 0. The van der Waals surface area contributed by atoms with Gasteiger partial charge < -0.3 is 15.0 Å². The number of halogens is 1. The predicted octanol–water partition coefficient (Wildman–Crippen LogP) is 3.97. The Hall–Kier alpha value is -2.53. The quantitative estimate of drug-likeness (QED) is 0.690. The molecule has 0 unspecified atom stereocenters. The summed E-state index contributed by atoms with van der Waals surface area (Å²) in [5.74, 6) is 0.0775. The summed E-state index contributed by atoms with van der Waals surface area (Å²) >= 11 is 5.96. The first kappa shape index (κ1) is 21.8. The van der Waals surface area contributed by atoms with E-state index >= 15 is 0 Å². The van der Waals surface area contributed by atoms with Crippen LogP contribution in [0, 0.1) is 6.92 Å². The van der Waals surface area contributed by atoms with Gasteiger partial charge in [0.05, 0.1) is 0 Å². The molecule has 0 aliphatic carbocycles. The van der Waals surface area contributed by atoms with E-state index in [4.69, 9.17) is 16.3 Å². The lowest BCUT2D eigenvalue weighted by Gasteiger charge is -2.29. The van der Waals surface area contributed by atoms with Gasteiger partial charge in [0, 0.05) is 18.1 Å². The van der Waals surface area contributed by atoms with Crippen molar-refractivity contribution >= 4 is 23.4 Å². The first-order valence-corrected chi connectivity index (χ1v) is 9.80. The highest BCUT2D eigenvalue weighted by atomic mass is 35.5. The molecule has 2 aromatic rings. The molecule has 0 saturated carbocycles. The average Bonchev–Trinajstić information content (AvgIpc) is 2.69. The van der Waals surface area contributed by atoms with E-state index in [-0.39, 0.29) is 18.4 Å². The molecule has 2 amide bonds. The van der Waals surface area contributed by atoms with Gasteiger partial charge in [0.15, 0.2) is 6.61 Å². The zero-order valence-electron chi connectivity index (χ0n) is 16.6. The molecule has 2 rings (SSSR count). The lowest BCUT2D eigenvalue weighted by atomic mass is 10.1. The Morgan fingerprint density at radius 2 is 1.93 bits per heavy atom. The van der Waals surface area contributed by atoms with E-state index in [0.29, 0.717) is 23.9 Å². The van der Waals surface area contributed by atoms with Crippen molar-refractivity contribution in [3.63, 3.8) is 0 Å². The minimum atomic E-state index is -0.610. The molecule has 0 fully saturated rings. The fraction of sp³-hybridized carbons (Fsp3) is 0.364. The first-order valence-electron chi connectivity index (χ1n) is 9.42. The molecular formula is C22H27ClN2O3. The molecule has 6 heteroatoms. The molecule has 0 heterocycles. The number of hydrogen-bond acceptors (Lipinski definition) is 3. The van der Waals surface area contributed by atoms with E-state index in [1.807, 2.05) is 38.1 Å². The van der Waals surface area contributed by atoms with Crippen LogP contribution in [0.2, 0.25) is 5.02 Å². The number of nitrogens with one attached hydrogen (secondary N) is 1. The summed E-state index contributed by atoms with van der Waals surface area (Å²) in [6, 6.07) is 14.1. The van der Waals surface area contributed by atoms with Crippen LogP contribution in [0.4, 0.5) is 0 Å².